The maximum absolute atomic E-state index is 12.0. The number of guanidine groups is 1. The number of unbranched alkanes of at least 4 members (excludes halogenated alkanes) is 1. The molecule has 2 amide bonds. The number of carbonyl (C=O) groups is 2. The Labute approximate surface area is 180 Å². The van der Waals surface area contributed by atoms with Gasteiger partial charge in [0.1, 0.15) is 5.60 Å². The maximum atomic E-state index is 12.0. The van der Waals surface area contributed by atoms with Crippen LogP contribution in [-0.2, 0) is 9.53 Å². The molecule has 0 radical (unpaired) electrons. The van der Waals surface area contributed by atoms with Crippen LogP contribution in [-0.4, -0.2) is 85.7 Å². The van der Waals surface area contributed by atoms with E-state index in [4.69, 9.17) is 10.5 Å². The number of primary amides is 1. The number of carbonyl (C=O) groups excluding carboxylic acids is 2. The molecule has 9 nitrogen and oxygen atoms in total. The highest BCUT2D eigenvalue weighted by molar-refractivity contribution is 5.80. The van der Waals surface area contributed by atoms with E-state index in [0.717, 1.165) is 77.3 Å². The molecule has 0 aromatic rings. The smallest absolute Gasteiger partial charge is 0.407 e. The quantitative estimate of drug-likeness (QED) is 0.321. The number of nitrogens with zero attached hydrogens (tertiary/aromatic N) is 3. The van der Waals surface area contributed by atoms with Crippen LogP contribution in [0, 0.1) is 5.92 Å². The van der Waals surface area contributed by atoms with Crippen LogP contribution in [0.5, 0.6) is 0 Å². The zero-order valence-electron chi connectivity index (χ0n) is 19.1. The number of aliphatic imine (C=N–C) groups is 1. The molecule has 0 spiro atoms. The Bertz CT molecular complexity index is 596. The summed E-state index contributed by atoms with van der Waals surface area (Å²) in [7, 11) is 1.79. The summed E-state index contributed by atoms with van der Waals surface area (Å²) in [4.78, 5) is 32.2. The fourth-order valence-electron chi connectivity index (χ4n) is 3.98. The average Bonchev–Trinajstić information content (AvgIpc) is 3.11. The zero-order valence-corrected chi connectivity index (χ0v) is 19.1. The molecule has 0 aliphatic carbocycles. The lowest BCUT2D eigenvalue weighted by Gasteiger charge is -2.30. The SMILES string of the molecule is CN=C(NCCCCN1CCC(C(N)=O)CC1)N1CCC(NC(=O)OC(C)(C)C)C1. The van der Waals surface area contributed by atoms with Crippen molar-refractivity contribution in [3.05, 3.63) is 0 Å². The minimum Gasteiger partial charge on any atom is -0.444 e. The monoisotopic (exact) mass is 424 g/mol. The number of alkyl carbamates (subject to hydrolysis) is 1. The largest absolute Gasteiger partial charge is 0.444 e. The third-order valence-corrected chi connectivity index (χ3v) is 5.59. The Morgan fingerprint density at radius 2 is 1.83 bits per heavy atom. The molecule has 9 heteroatoms. The van der Waals surface area contributed by atoms with Crippen LogP contribution >= 0.6 is 0 Å². The second kappa shape index (κ2) is 11.4. The maximum Gasteiger partial charge on any atom is 0.407 e. The van der Waals surface area contributed by atoms with Crippen LogP contribution in [0.2, 0.25) is 0 Å². The first-order valence-corrected chi connectivity index (χ1v) is 11.1. The normalized spacial score (nSPS) is 21.5. The minimum absolute atomic E-state index is 0.0559. The van der Waals surface area contributed by atoms with Crippen molar-refractivity contribution in [1.82, 2.24) is 20.4 Å². The lowest BCUT2D eigenvalue weighted by Crippen LogP contribution is -2.44. The number of piperidine rings is 1. The summed E-state index contributed by atoms with van der Waals surface area (Å²) in [6.07, 6.45) is 4.44. The molecule has 0 bridgehead atoms. The van der Waals surface area contributed by atoms with Gasteiger partial charge in [-0.15, -0.1) is 0 Å². The molecule has 2 aliphatic rings. The number of hydrogen-bond donors (Lipinski definition) is 3. The van der Waals surface area contributed by atoms with Crippen molar-refractivity contribution in [1.29, 1.82) is 0 Å². The van der Waals surface area contributed by atoms with Crippen LogP contribution in [0.25, 0.3) is 0 Å². The third kappa shape index (κ3) is 8.38. The van der Waals surface area contributed by atoms with Gasteiger partial charge in [-0.25, -0.2) is 4.79 Å². The van der Waals surface area contributed by atoms with Gasteiger partial charge in [-0.05, 0) is 72.5 Å². The van der Waals surface area contributed by atoms with Gasteiger partial charge in [-0.3, -0.25) is 9.79 Å². The van der Waals surface area contributed by atoms with Crippen LogP contribution in [0.15, 0.2) is 4.99 Å². The molecule has 172 valence electrons. The lowest BCUT2D eigenvalue weighted by atomic mass is 9.96. The Morgan fingerprint density at radius 3 is 2.43 bits per heavy atom. The number of nitrogens with one attached hydrogen (secondary N) is 2. The van der Waals surface area contributed by atoms with E-state index in [0.29, 0.717) is 0 Å². The Kier molecular flexibility index (Phi) is 9.20. The molecular formula is C21H40N6O3. The molecular weight excluding hydrogens is 384 g/mol. The number of hydrogen-bond acceptors (Lipinski definition) is 5. The van der Waals surface area contributed by atoms with Gasteiger partial charge in [-0.1, -0.05) is 0 Å². The molecule has 0 aromatic carbocycles. The molecule has 2 aliphatic heterocycles. The summed E-state index contributed by atoms with van der Waals surface area (Å²) >= 11 is 0. The third-order valence-electron chi connectivity index (χ3n) is 5.59. The zero-order chi connectivity index (χ0) is 22.1. The molecule has 0 aromatic heterocycles. The standard InChI is InChI=1S/C21H40N6O3/c1-21(2,3)30-20(29)25-17-9-14-27(15-17)19(23-4)24-10-5-6-11-26-12-7-16(8-13-26)18(22)28/h16-17H,5-15H2,1-4H3,(H2,22,28)(H,23,24)(H,25,29). The van der Waals surface area contributed by atoms with Crippen LogP contribution in [0.4, 0.5) is 4.79 Å². The second-order valence-electron chi connectivity index (χ2n) is 9.28. The molecule has 2 fully saturated rings. The number of rotatable bonds is 7. The molecule has 1 unspecified atom stereocenters. The summed E-state index contributed by atoms with van der Waals surface area (Å²) in [5, 5.41) is 6.38. The van der Waals surface area contributed by atoms with E-state index in [-0.39, 0.29) is 24.0 Å². The van der Waals surface area contributed by atoms with Crippen LogP contribution in [0.1, 0.15) is 52.9 Å². The molecule has 30 heavy (non-hydrogen) atoms. The van der Waals surface area contributed by atoms with Gasteiger partial charge < -0.3 is 30.9 Å². The van der Waals surface area contributed by atoms with Gasteiger partial charge in [0.15, 0.2) is 5.96 Å². The fraction of sp³-hybridized carbons (Fsp3) is 0.857. The highest BCUT2D eigenvalue weighted by Crippen LogP contribution is 2.17. The number of likely N-dealkylation sites (tertiary alicyclic amines) is 2. The number of ether oxygens (including phenoxy) is 1. The second-order valence-corrected chi connectivity index (χ2v) is 9.28. The van der Waals surface area contributed by atoms with E-state index in [1.165, 1.54) is 0 Å². The van der Waals surface area contributed by atoms with Crippen molar-refractivity contribution < 1.29 is 14.3 Å². The molecule has 1 atom stereocenters. The van der Waals surface area contributed by atoms with E-state index in [1.54, 1.807) is 7.05 Å². The van der Waals surface area contributed by atoms with E-state index < -0.39 is 5.60 Å². The highest BCUT2D eigenvalue weighted by atomic mass is 16.6. The predicted molar refractivity (Wildman–Crippen MR) is 118 cm³/mol. The van der Waals surface area contributed by atoms with Gasteiger partial charge in [0.2, 0.25) is 5.91 Å². The molecule has 2 heterocycles. The Morgan fingerprint density at radius 1 is 1.13 bits per heavy atom. The first kappa shape index (κ1) is 24.2. The van der Waals surface area contributed by atoms with Gasteiger partial charge >= 0.3 is 6.09 Å². The van der Waals surface area contributed by atoms with E-state index in [1.807, 2.05) is 20.8 Å². The summed E-state index contributed by atoms with van der Waals surface area (Å²) in [5.74, 6) is 0.779. The average molecular weight is 425 g/mol. The van der Waals surface area contributed by atoms with E-state index in [9.17, 15) is 9.59 Å². The summed E-state index contributed by atoms with van der Waals surface area (Å²) in [5.41, 5.74) is 4.91. The van der Waals surface area contributed by atoms with Crippen molar-refractivity contribution in [2.45, 2.75) is 64.5 Å². The summed E-state index contributed by atoms with van der Waals surface area (Å²) < 4.78 is 5.34. The van der Waals surface area contributed by atoms with Crippen molar-refractivity contribution >= 4 is 18.0 Å². The van der Waals surface area contributed by atoms with Gasteiger partial charge in [0.05, 0.1) is 6.04 Å². The number of nitrogens with two attached hydrogens (primary N) is 1. The Hall–Kier alpha value is -2.03. The van der Waals surface area contributed by atoms with Crippen LogP contribution in [0.3, 0.4) is 0 Å². The Balaban J connectivity index is 1.60. The lowest BCUT2D eigenvalue weighted by molar-refractivity contribution is -0.123. The summed E-state index contributed by atoms with van der Waals surface area (Å²) in [6.45, 7) is 11.0. The van der Waals surface area contributed by atoms with Gasteiger partial charge in [0, 0.05) is 32.6 Å². The van der Waals surface area contributed by atoms with Crippen molar-refractivity contribution in [2.75, 3.05) is 46.3 Å². The minimum atomic E-state index is -0.488. The predicted octanol–water partition coefficient (Wildman–Crippen LogP) is 1.14. The van der Waals surface area contributed by atoms with Gasteiger partial charge in [-0.2, -0.15) is 0 Å². The molecule has 2 saturated heterocycles. The molecule has 2 rings (SSSR count). The fourth-order valence-corrected chi connectivity index (χ4v) is 3.98. The van der Waals surface area contributed by atoms with E-state index in [2.05, 4.69) is 25.4 Å². The first-order valence-electron chi connectivity index (χ1n) is 11.1. The highest BCUT2D eigenvalue weighted by Gasteiger charge is 2.28. The number of amides is 2. The van der Waals surface area contributed by atoms with E-state index >= 15 is 0 Å². The van der Waals surface area contributed by atoms with Crippen molar-refractivity contribution in [2.24, 2.45) is 16.6 Å². The van der Waals surface area contributed by atoms with Crippen molar-refractivity contribution in [3.8, 4) is 0 Å². The van der Waals surface area contributed by atoms with Crippen LogP contribution < -0.4 is 16.4 Å². The molecule has 0 saturated carbocycles. The topological polar surface area (TPSA) is 112 Å². The van der Waals surface area contributed by atoms with Gasteiger partial charge in [0.25, 0.3) is 0 Å². The summed E-state index contributed by atoms with van der Waals surface area (Å²) in [6, 6.07) is 0.0710. The molecule has 4 N–H and O–H groups in total. The first-order chi connectivity index (χ1) is 14.2. The van der Waals surface area contributed by atoms with Crippen molar-refractivity contribution in [3.63, 3.8) is 0 Å².